The number of nitrogens with zero attached hydrogens (tertiary/aromatic N) is 3. The number of fused-ring (bicyclic) bond motifs is 1. The van der Waals surface area contributed by atoms with E-state index in [0.717, 1.165) is 10.9 Å². The molecule has 6 nitrogen and oxygen atoms in total. The molecule has 2 aromatic heterocycles. The molecule has 0 fully saturated rings. The molecule has 0 aliphatic carbocycles. The van der Waals surface area contributed by atoms with Gasteiger partial charge in [-0.25, -0.2) is 9.97 Å². The number of ether oxygens (including phenoxy) is 2. The number of hydrogen-bond donors (Lipinski definition) is 1. The summed E-state index contributed by atoms with van der Waals surface area (Å²) in [4.78, 5) is 12.9. The van der Waals surface area contributed by atoms with Crippen LogP contribution in [-0.2, 0) is 0 Å². The lowest BCUT2D eigenvalue weighted by molar-refractivity contribution is 0.356. The molecule has 3 rings (SSSR count). The van der Waals surface area contributed by atoms with E-state index in [4.69, 9.17) is 15.2 Å². The summed E-state index contributed by atoms with van der Waals surface area (Å²) in [5.41, 5.74) is 7.60. The molecule has 21 heavy (non-hydrogen) atoms. The van der Waals surface area contributed by atoms with Crippen LogP contribution in [0.25, 0.3) is 22.3 Å². The molecule has 0 saturated carbocycles. The highest BCUT2D eigenvalue weighted by Gasteiger charge is 2.12. The molecular weight excluding hydrogens is 268 g/mol. The van der Waals surface area contributed by atoms with Crippen molar-refractivity contribution in [3.8, 4) is 22.9 Å². The fraction of sp³-hybridized carbons (Fsp3) is 0.133. The Morgan fingerprint density at radius 2 is 1.62 bits per heavy atom. The van der Waals surface area contributed by atoms with E-state index < -0.39 is 0 Å². The van der Waals surface area contributed by atoms with E-state index in [1.54, 1.807) is 38.7 Å². The van der Waals surface area contributed by atoms with Crippen molar-refractivity contribution in [1.29, 1.82) is 0 Å². The molecule has 0 unspecified atom stereocenters. The molecule has 0 amide bonds. The predicted molar refractivity (Wildman–Crippen MR) is 80.3 cm³/mol. The van der Waals surface area contributed by atoms with Crippen LogP contribution in [0.4, 0.5) is 5.82 Å². The van der Waals surface area contributed by atoms with Gasteiger partial charge in [0.2, 0.25) is 0 Å². The van der Waals surface area contributed by atoms with Crippen LogP contribution < -0.4 is 15.2 Å². The van der Waals surface area contributed by atoms with Crippen LogP contribution in [-0.4, -0.2) is 29.2 Å². The lowest BCUT2D eigenvalue weighted by Gasteiger charge is -2.11. The molecule has 0 spiro atoms. The topological polar surface area (TPSA) is 83.2 Å². The Hall–Kier alpha value is -2.89. The van der Waals surface area contributed by atoms with Gasteiger partial charge in [0.1, 0.15) is 5.82 Å². The van der Waals surface area contributed by atoms with Gasteiger partial charge in [0, 0.05) is 29.4 Å². The molecule has 3 aromatic rings. The molecule has 0 aliphatic rings. The van der Waals surface area contributed by atoms with E-state index in [9.17, 15) is 0 Å². The molecule has 6 heteroatoms. The lowest BCUT2D eigenvalue weighted by Crippen LogP contribution is -1.99. The number of methoxy groups -OCH3 is 2. The quantitative estimate of drug-likeness (QED) is 0.793. The first-order valence-corrected chi connectivity index (χ1v) is 6.32. The highest BCUT2D eigenvalue weighted by atomic mass is 16.5. The zero-order valence-corrected chi connectivity index (χ0v) is 11.7. The van der Waals surface area contributed by atoms with Crippen LogP contribution in [0, 0.1) is 0 Å². The first kappa shape index (κ1) is 13.1. The highest BCUT2D eigenvalue weighted by molar-refractivity contribution is 5.92. The largest absolute Gasteiger partial charge is 0.493 e. The van der Waals surface area contributed by atoms with E-state index in [-0.39, 0.29) is 0 Å². The Morgan fingerprint density at radius 1 is 0.952 bits per heavy atom. The minimum absolute atomic E-state index is 0.396. The number of hydrogen-bond acceptors (Lipinski definition) is 6. The summed E-state index contributed by atoms with van der Waals surface area (Å²) in [5.74, 6) is 2.14. The molecule has 0 bridgehead atoms. The van der Waals surface area contributed by atoms with Crippen LogP contribution in [0.5, 0.6) is 11.5 Å². The van der Waals surface area contributed by atoms with Gasteiger partial charge in [-0.05, 0) is 18.2 Å². The molecule has 1 aromatic carbocycles. The maximum absolute atomic E-state index is 6.05. The molecular formula is C15H14N4O2. The second-order valence-corrected chi connectivity index (χ2v) is 4.39. The summed E-state index contributed by atoms with van der Waals surface area (Å²) in [6.45, 7) is 0. The first-order valence-electron chi connectivity index (χ1n) is 6.32. The van der Waals surface area contributed by atoms with Gasteiger partial charge in [-0.3, -0.25) is 4.98 Å². The van der Waals surface area contributed by atoms with Gasteiger partial charge >= 0.3 is 0 Å². The minimum atomic E-state index is 0.396. The third-order valence-corrected chi connectivity index (χ3v) is 3.17. The number of pyridine rings is 1. The maximum atomic E-state index is 6.05. The minimum Gasteiger partial charge on any atom is -0.493 e. The van der Waals surface area contributed by atoms with Crippen molar-refractivity contribution in [3.63, 3.8) is 0 Å². The van der Waals surface area contributed by atoms with E-state index in [1.807, 2.05) is 12.1 Å². The number of aromatic nitrogens is 3. The summed E-state index contributed by atoms with van der Waals surface area (Å²) < 4.78 is 10.6. The molecule has 0 aliphatic heterocycles. The van der Waals surface area contributed by atoms with E-state index >= 15 is 0 Å². The average Bonchev–Trinajstić information content (AvgIpc) is 2.54. The predicted octanol–water partition coefficient (Wildman–Crippen LogP) is 2.29. The Bertz CT molecular complexity index is 791. The van der Waals surface area contributed by atoms with Crippen molar-refractivity contribution in [3.05, 3.63) is 36.7 Å². The summed E-state index contributed by atoms with van der Waals surface area (Å²) in [6, 6.07) is 7.24. The number of benzene rings is 1. The number of nitrogens with two attached hydrogens (primary N) is 1. The van der Waals surface area contributed by atoms with Gasteiger partial charge in [0.05, 0.1) is 19.7 Å². The number of nitrogen functional groups attached to an aromatic ring is 1. The molecule has 2 N–H and O–H groups in total. The van der Waals surface area contributed by atoms with Crippen molar-refractivity contribution in [1.82, 2.24) is 15.0 Å². The van der Waals surface area contributed by atoms with Crippen LogP contribution in [0.1, 0.15) is 0 Å². The zero-order chi connectivity index (χ0) is 14.8. The fourth-order valence-electron chi connectivity index (χ4n) is 2.11. The van der Waals surface area contributed by atoms with Crippen LogP contribution >= 0.6 is 0 Å². The SMILES string of the molecule is COc1cc2nc(-c3ccncc3)nc(N)c2cc1OC. The Balaban J connectivity index is 2.24. The van der Waals surface area contributed by atoms with Gasteiger partial charge < -0.3 is 15.2 Å². The second-order valence-electron chi connectivity index (χ2n) is 4.39. The third kappa shape index (κ3) is 2.31. The summed E-state index contributed by atoms with van der Waals surface area (Å²) >= 11 is 0. The zero-order valence-electron chi connectivity index (χ0n) is 11.7. The Morgan fingerprint density at radius 3 is 2.29 bits per heavy atom. The summed E-state index contributed by atoms with van der Waals surface area (Å²) in [6.07, 6.45) is 3.38. The fourth-order valence-corrected chi connectivity index (χ4v) is 2.11. The van der Waals surface area contributed by atoms with Crippen molar-refractivity contribution < 1.29 is 9.47 Å². The van der Waals surface area contributed by atoms with Crippen molar-refractivity contribution in [2.75, 3.05) is 20.0 Å². The van der Waals surface area contributed by atoms with Crippen LogP contribution in [0.15, 0.2) is 36.7 Å². The molecule has 0 radical (unpaired) electrons. The summed E-state index contributed by atoms with van der Waals surface area (Å²) in [5, 5.41) is 0.727. The molecule has 2 heterocycles. The van der Waals surface area contributed by atoms with E-state index in [2.05, 4.69) is 15.0 Å². The summed E-state index contributed by atoms with van der Waals surface area (Å²) in [7, 11) is 3.16. The third-order valence-electron chi connectivity index (χ3n) is 3.17. The van der Waals surface area contributed by atoms with Crippen molar-refractivity contribution >= 4 is 16.7 Å². The lowest BCUT2D eigenvalue weighted by atomic mass is 10.2. The first-order chi connectivity index (χ1) is 10.2. The van der Waals surface area contributed by atoms with Gasteiger partial charge in [0.25, 0.3) is 0 Å². The van der Waals surface area contributed by atoms with Crippen LogP contribution in [0.3, 0.4) is 0 Å². The van der Waals surface area contributed by atoms with Gasteiger partial charge in [-0.1, -0.05) is 0 Å². The highest BCUT2D eigenvalue weighted by Crippen LogP contribution is 2.34. The van der Waals surface area contributed by atoms with Crippen molar-refractivity contribution in [2.24, 2.45) is 0 Å². The van der Waals surface area contributed by atoms with E-state index in [0.29, 0.717) is 28.7 Å². The maximum Gasteiger partial charge on any atom is 0.162 e. The van der Waals surface area contributed by atoms with Crippen LogP contribution in [0.2, 0.25) is 0 Å². The van der Waals surface area contributed by atoms with Crippen molar-refractivity contribution in [2.45, 2.75) is 0 Å². The van der Waals surface area contributed by atoms with Gasteiger partial charge in [-0.15, -0.1) is 0 Å². The number of rotatable bonds is 3. The average molecular weight is 282 g/mol. The van der Waals surface area contributed by atoms with E-state index in [1.165, 1.54) is 0 Å². The smallest absolute Gasteiger partial charge is 0.162 e. The Labute approximate surface area is 121 Å². The van der Waals surface area contributed by atoms with Gasteiger partial charge in [-0.2, -0.15) is 0 Å². The normalized spacial score (nSPS) is 10.6. The second kappa shape index (κ2) is 5.24. The monoisotopic (exact) mass is 282 g/mol. The standard InChI is InChI=1S/C15H14N4O2/c1-20-12-7-10-11(8-13(12)21-2)18-15(19-14(10)16)9-3-5-17-6-4-9/h3-8H,1-2H3,(H2,16,18,19). The molecule has 0 atom stereocenters. The Kier molecular flexibility index (Phi) is 3.27. The number of anilines is 1. The molecule has 106 valence electrons. The molecule has 0 saturated heterocycles. The van der Waals surface area contributed by atoms with Gasteiger partial charge in [0.15, 0.2) is 17.3 Å².